The SMILES string of the molecule is CCCCC(CC)COc1cc(/C=C/c2ccc(N=Nc3ccc(N(CCO)CCO)cc3)cc2)c(OC)cc1/C=C/c1ccc(N=Nc2ccc(N(CCO)CCO)cc2)cc1. The second-order valence-electron chi connectivity index (χ2n) is 15.0. The smallest absolute Gasteiger partial charge is 0.127 e. The van der Waals surface area contributed by atoms with Crippen LogP contribution in [0.5, 0.6) is 11.5 Å². The summed E-state index contributed by atoms with van der Waals surface area (Å²) in [7, 11) is 1.68. The van der Waals surface area contributed by atoms with Crippen LogP contribution in [0.25, 0.3) is 24.3 Å². The van der Waals surface area contributed by atoms with E-state index in [2.05, 4.69) is 52.5 Å². The highest BCUT2D eigenvalue weighted by Crippen LogP contribution is 2.33. The van der Waals surface area contributed by atoms with Gasteiger partial charge >= 0.3 is 0 Å². The number of nitrogens with zero attached hydrogens (tertiary/aromatic N) is 6. The zero-order valence-corrected chi connectivity index (χ0v) is 36.8. The molecule has 0 saturated heterocycles. The summed E-state index contributed by atoms with van der Waals surface area (Å²) in [6, 6.07) is 34.9. The normalized spacial score (nSPS) is 12.2. The molecule has 1 unspecified atom stereocenters. The van der Waals surface area contributed by atoms with Gasteiger partial charge in [0, 0.05) is 48.7 Å². The Kier molecular flexibility index (Phi) is 20.0. The number of methoxy groups -OCH3 is 1. The minimum absolute atomic E-state index is 0.00690. The molecule has 0 aliphatic heterocycles. The largest absolute Gasteiger partial charge is 0.496 e. The number of anilines is 2. The minimum Gasteiger partial charge on any atom is -0.496 e. The monoisotopic (exact) mass is 854 g/mol. The first-order valence-electron chi connectivity index (χ1n) is 21.8. The average Bonchev–Trinajstić information content (AvgIpc) is 3.32. The first-order chi connectivity index (χ1) is 30.9. The Labute approximate surface area is 372 Å². The second kappa shape index (κ2) is 26.3. The molecule has 0 radical (unpaired) electrons. The van der Waals surface area contributed by atoms with Gasteiger partial charge in [-0.1, -0.05) is 81.7 Å². The van der Waals surface area contributed by atoms with Crippen molar-refractivity contribution in [1.82, 2.24) is 0 Å². The van der Waals surface area contributed by atoms with Crippen molar-refractivity contribution in [1.29, 1.82) is 0 Å². The van der Waals surface area contributed by atoms with E-state index < -0.39 is 0 Å². The van der Waals surface area contributed by atoms with Gasteiger partial charge in [-0.05, 0) is 108 Å². The molecule has 63 heavy (non-hydrogen) atoms. The standard InChI is InChI=1S/C51H62N6O6/c1-4-6-7-39(5-2)38-63-51-37-42(14-8-40-10-16-44(17-11-40)52-54-46-20-24-48(25-21-46)56(28-32-58)29-33-59)50(62-3)36-43(51)15-9-41-12-18-45(19-13-41)53-55-47-22-26-49(27-23-47)57(30-34-60)31-35-61/h8-27,36-37,39,58-61H,4-7,28-35,38H2,1-3H3/b14-8+,15-9+,54-52?,55-53?. The molecule has 0 bridgehead atoms. The first-order valence-corrected chi connectivity index (χ1v) is 21.8. The number of hydrogen-bond acceptors (Lipinski definition) is 12. The van der Waals surface area contributed by atoms with Gasteiger partial charge in [-0.25, -0.2) is 0 Å². The predicted molar refractivity (Wildman–Crippen MR) is 257 cm³/mol. The van der Waals surface area contributed by atoms with E-state index in [1.54, 1.807) is 7.11 Å². The van der Waals surface area contributed by atoms with Gasteiger partial charge in [0.2, 0.25) is 0 Å². The highest BCUT2D eigenvalue weighted by Gasteiger charge is 2.13. The lowest BCUT2D eigenvalue weighted by atomic mass is 10.0. The van der Waals surface area contributed by atoms with Crippen molar-refractivity contribution in [2.45, 2.75) is 39.5 Å². The Bertz CT molecular complexity index is 2200. The molecule has 0 saturated carbocycles. The molecule has 12 heteroatoms. The quantitative estimate of drug-likeness (QED) is 0.0316. The van der Waals surface area contributed by atoms with Gasteiger partial charge in [0.25, 0.3) is 0 Å². The van der Waals surface area contributed by atoms with Gasteiger partial charge < -0.3 is 39.7 Å². The molecule has 0 heterocycles. The average molecular weight is 855 g/mol. The van der Waals surface area contributed by atoms with Gasteiger partial charge in [0.15, 0.2) is 0 Å². The van der Waals surface area contributed by atoms with Crippen molar-refractivity contribution in [2.75, 3.05) is 76.1 Å². The van der Waals surface area contributed by atoms with Crippen LogP contribution in [0, 0.1) is 5.92 Å². The molecule has 0 spiro atoms. The third-order valence-corrected chi connectivity index (χ3v) is 10.5. The molecule has 4 N–H and O–H groups in total. The van der Waals surface area contributed by atoms with Crippen LogP contribution < -0.4 is 19.3 Å². The lowest BCUT2D eigenvalue weighted by molar-refractivity contribution is 0.232. The summed E-state index contributed by atoms with van der Waals surface area (Å²) in [5, 5.41) is 55.0. The Hall–Kier alpha value is -6.18. The molecule has 12 nitrogen and oxygen atoms in total. The van der Waals surface area contributed by atoms with Crippen LogP contribution in [-0.4, -0.2) is 86.7 Å². The molecule has 0 amide bonds. The summed E-state index contributed by atoms with van der Waals surface area (Å²) in [4.78, 5) is 3.83. The molecule has 0 fully saturated rings. The van der Waals surface area contributed by atoms with Crippen LogP contribution in [0.3, 0.4) is 0 Å². The van der Waals surface area contributed by atoms with E-state index in [4.69, 9.17) is 9.47 Å². The maximum Gasteiger partial charge on any atom is 0.127 e. The van der Waals surface area contributed by atoms with Crippen molar-refractivity contribution >= 4 is 58.4 Å². The van der Waals surface area contributed by atoms with Crippen LogP contribution in [0.2, 0.25) is 0 Å². The summed E-state index contributed by atoms with van der Waals surface area (Å²) in [6.07, 6.45) is 12.7. The van der Waals surface area contributed by atoms with E-state index >= 15 is 0 Å². The zero-order valence-electron chi connectivity index (χ0n) is 36.8. The lowest BCUT2D eigenvalue weighted by Crippen LogP contribution is -2.29. The number of benzene rings is 5. The summed E-state index contributed by atoms with van der Waals surface area (Å²) in [5.41, 5.74) is 8.45. The van der Waals surface area contributed by atoms with Crippen LogP contribution in [-0.2, 0) is 0 Å². The topological polar surface area (TPSA) is 155 Å². The summed E-state index contributed by atoms with van der Waals surface area (Å²) in [6.45, 7) is 6.87. The fourth-order valence-corrected chi connectivity index (χ4v) is 6.85. The summed E-state index contributed by atoms with van der Waals surface area (Å²) in [5.74, 6) is 1.97. The fourth-order valence-electron chi connectivity index (χ4n) is 6.85. The maximum atomic E-state index is 9.35. The molecular weight excluding hydrogens is 793 g/mol. The van der Waals surface area contributed by atoms with Gasteiger partial charge in [0.1, 0.15) is 11.5 Å². The molecule has 332 valence electrons. The van der Waals surface area contributed by atoms with Crippen molar-refractivity contribution in [2.24, 2.45) is 26.4 Å². The lowest BCUT2D eigenvalue weighted by Gasteiger charge is -2.22. The van der Waals surface area contributed by atoms with Gasteiger partial charge in [-0.2, -0.15) is 20.5 Å². The highest BCUT2D eigenvalue weighted by atomic mass is 16.5. The van der Waals surface area contributed by atoms with Crippen LogP contribution >= 0.6 is 0 Å². The predicted octanol–water partition coefficient (Wildman–Crippen LogP) is 11.0. The third-order valence-electron chi connectivity index (χ3n) is 10.5. The summed E-state index contributed by atoms with van der Waals surface area (Å²) >= 11 is 0. The van der Waals surface area contributed by atoms with Crippen LogP contribution in [0.4, 0.5) is 34.1 Å². The van der Waals surface area contributed by atoms with Crippen molar-refractivity contribution in [3.05, 3.63) is 131 Å². The zero-order chi connectivity index (χ0) is 44.7. The minimum atomic E-state index is 0.00690. The number of aliphatic hydroxyl groups excluding tert-OH is 4. The fraction of sp³-hybridized carbons (Fsp3) is 0.333. The van der Waals surface area contributed by atoms with Gasteiger partial charge in [-0.15, -0.1) is 0 Å². The first kappa shape index (κ1) is 47.9. The Morgan fingerprint density at radius 2 is 0.905 bits per heavy atom. The Morgan fingerprint density at radius 1 is 0.524 bits per heavy atom. The Balaban J connectivity index is 1.29. The number of azo groups is 2. The third kappa shape index (κ3) is 15.3. The molecule has 0 aliphatic carbocycles. The van der Waals surface area contributed by atoms with E-state index in [0.29, 0.717) is 50.1 Å². The van der Waals surface area contributed by atoms with Gasteiger partial charge in [0.05, 0.1) is 62.9 Å². The van der Waals surface area contributed by atoms with E-state index in [-0.39, 0.29) is 26.4 Å². The summed E-state index contributed by atoms with van der Waals surface area (Å²) < 4.78 is 12.5. The van der Waals surface area contributed by atoms with E-state index in [0.717, 1.165) is 75.8 Å². The Morgan fingerprint density at radius 3 is 1.27 bits per heavy atom. The molecule has 0 aromatic heterocycles. The van der Waals surface area contributed by atoms with Crippen LogP contribution in [0.1, 0.15) is 61.8 Å². The second-order valence-corrected chi connectivity index (χ2v) is 15.0. The number of rotatable bonds is 26. The highest BCUT2D eigenvalue weighted by molar-refractivity contribution is 5.79. The molecule has 0 aliphatic rings. The van der Waals surface area contributed by atoms with Gasteiger partial charge in [-0.3, -0.25) is 0 Å². The number of ether oxygens (including phenoxy) is 2. The van der Waals surface area contributed by atoms with Crippen molar-refractivity contribution in [3.8, 4) is 11.5 Å². The molecule has 5 rings (SSSR count). The number of aliphatic hydroxyl groups is 4. The van der Waals surface area contributed by atoms with E-state index in [1.165, 1.54) is 6.42 Å². The molecule has 5 aromatic carbocycles. The van der Waals surface area contributed by atoms with Crippen LogP contribution in [0.15, 0.2) is 130 Å². The number of unbranched alkanes of at least 4 members (excludes halogenated alkanes) is 1. The van der Waals surface area contributed by atoms with Crippen molar-refractivity contribution < 1.29 is 29.9 Å². The number of hydrogen-bond donors (Lipinski definition) is 4. The maximum absolute atomic E-state index is 9.35. The van der Waals surface area contributed by atoms with E-state index in [1.807, 2.05) is 125 Å². The van der Waals surface area contributed by atoms with E-state index in [9.17, 15) is 20.4 Å². The molecular formula is C51H62N6O6. The van der Waals surface area contributed by atoms with Crippen molar-refractivity contribution in [3.63, 3.8) is 0 Å². The molecule has 1 atom stereocenters. The molecule has 5 aromatic rings.